The zero-order chi connectivity index (χ0) is 13.0. The van der Waals surface area contributed by atoms with Crippen molar-refractivity contribution in [2.24, 2.45) is 0 Å². The summed E-state index contributed by atoms with van der Waals surface area (Å²) in [6.07, 6.45) is 1.47. The number of esters is 1. The maximum Gasteiger partial charge on any atom is 0.355 e. The Kier molecular flexibility index (Phi) is 4.30. The predicted molar refractivity (Wildman–Crippen MR) is 73.6 cm³/mol. The molecule has 18 heavy (non-hydrogen) atoms. The lowest BCUT2D eigenvalue weighted by Gasteiger charge is -2.31. The van der Waals surface area contributed by atoms with Gasteiger partial charge in [-0.1, -0.05) is 30.3 Å². The van der Waals surface area contributed by atoms with E-state index >= 15 is 0 Å². The summed E-state index contributed by atoms with van der Waals surface area (Å²) in [7, 11) is 1.50. The first-order chi connectivity index (χ1) is 8.64. The minimum Gasteiger partial charge on any atom is -0.466 e. The highest BCUT2D eigenvalue weighted by Gasteiger charge is 2.40. The Morgan fingerprint density at radius 3 is 2.50 bits per heavy atom. The molecule has 0 unspecified atom stereocenters. The van der Waals surface area contributed by atoms with Gasteiger partial charge in [-0.05, 0) is 16.5 Å². The largest absolute Gasteiger partial charge is 0.466 e. The second kappa shape index (κ2) is 5.76. The van der Waals surface area contributed by atoms with Crippen LogP contribution in [0.5, 0.6) is 0 Å². The minimum atomic E-state index is -0.707. The van der Waals surface area contributed by atoms with Crippen LogP contribution in [-0.4, -0.2) is 35.4 Å². The molecule has 0 aromatic heterocycles. The van der Waals surface area contributed by atoms with Crippen molar-refractivity contribution in [3.63, 3.8) is 0 Å². The second-order valence-electron chi connectivity index (χ2n) is 4.64. The molecule has 1 fully saturated rings. The standard InChI is InChI=1S/C14H19O3S/c1-17-13(15)11-18-9-7-14(16,8-10-18)12-5-3-2-4-6-12/h2-6,16H,7-11H2,1H3/q+1. The van der Waals surface area contributed by atoms with Crippen molar-refractivity contribution < 1.29 is 14.6 Å². The highest BCUT2D eigenvalue weighted by atomic mass is 32.2. The summed E-state index contributed by atoms with van der Waals surface area (Å²) in [6, 6.07) is 9.82. The molecule has 1 aliphatic rings. The van der Waals surface area contributed by atoms with Crippen LogP contribution in [0.15, 0.2) is 30.3 Å². The van der Waals surface area contributed by atoms with Crippen LogP contribution in [0.4, 0.5) is 0 Å². The molecule has 0 radical (unpaired) electrons. The average molecular weight is 267 g/mol. The van der Waals surface area contributed by atoms with Crippen LogP contribution in [0.3, 0.4) is 0 Å². The highest BCUT2D eigenvalue weighted by molar-refractivity contribution is 7.97. The summed E-state index contributed by atoms with van der Waals surface area (Å²) in [6.45, 7) is 0. The van der Waals surface area contributed by atoms with E-state index in [4.69, 9.17) is 4.74 Å². The third-order valence-electron chi connectivity index (χ3n) is 3.47. The van der Waals surface area contributed by atoms with Gasteiger partial charge in [0.2, 0.25) is 5.75 Å². The molecule has 0 bridgehead atoms. The Labute approximate surface area is 111 Å². The fraction of sp³-hybridized carbons (Fsp3) is 0.500. The lowest BCUT2D eigenvalue weighted by atomic mass is 9.88. The fourth-order valence-corrected chi connectivity index (χ4v) is 4.46. The minimum absolute atomic E-state index is 0.0705. The van der Waals surface area contributed by atoms with Crippen LogP contribution in [-0.2, 0) is 26.0 Å². The lowest BCUT2D eigenvalue weighted by Crippen LogP contribution is -2.39. The van der Waals surface area contributed by atoms with Crippen molar-refractivity contribution in [3.8, 4) is 0 Å². The molecule has 0 spiro atoms. The molecule has 0 atom stereocenters. The van der Waals surface area contributed by atoms with E-state index < -0.39 is 5.60 Å². The quantitative estimate of drug-likeness (QED) is 0.666. The molecule has 0 aliphatic carbocycles. The summed E-state index contributed by atoms with van der Waals surface area (Å²) in [5.74, 6) is 2.17. The van der Waals surface area contributed by atoms with Gasteiger partial charge in [0.1, 0.15) is 11.5 Å². The highest BCUT2D eigenvalue weighted by Crippen LogP contribution is 2.34. The summed E-state index contributed by atoms with van der Waals surface area (Å²) >= 11 is 0. The molecule has 4 heteroatoms. The van der Waals surface area contributed by atoms with Crippen molar-refractivity contribution in [3.05, 3.63) is 35.9 Å². The Morgan fingerprint density at radius 1 is 1.33 bits per heavy atom. The number of hydrogen-bond donors (Lipinski definition) is 1. The molecular weight excluding hydrogens is 248 g/mol. The van der Waals surface area contributed by atoms with Gasteiger partial charge in [0.25, 0.3) is 0 Å². The zero-order valence-electron chi connectivity index (χ0n) is 10.6. The summed E-state index contributed by atoms with van der Waals surface area (Å²) in [5.41, 5.74) is 0.285. The molecular formula is C14H19O3S+. The number of hydrogen-bond acceptors (Lipinski definition) is 3. The van der Waals surface area contributed by atoms with Crippen molar-refractivity contribution >= 4 is 16.9 Å². The van der Waals surface area contributed by atoms with Crippen LogP contribution in [0, 0.1) is 0 Å². The Bertz CT molecular complexity index is 397. The molecule has 2 rings (SSSR count). The smallest absolute Gasteiger partial charge is 0.355 e. The van der Waals surface area contributed by atoms with Gasteiger partial charge in [-0.15, -0.1) is 0 Å². The van der Waals surface area contributed by atoms with E-state index in [1.807, 2.05) is 30.3 Å². The zero-order valence-corrected chi connectivity index (χ0v) is 11.4. The first-order valence-electron chi connectivity index (χ1n) is 6.13. The fourth-order valence-electron chi connectivity index (χ4n) is 2.26. The van der Waals surface area contributed by atoms with Gasteiger partial charge in [-0.2, -0.15) is 0 Å². The molecule has 0 amide bonds. The van der Waals surface area contributed by atoms with Crippen molar-refractivity contribution in [1.82, 2.24) is 0 Å². The number of benzene rings is 1. The molecule has 1 aromatic rings. The first kappa shape index (κ1) is 13.4. The monoisotopic (exact) mass is 267 g/mol. The van der Waals surface area contributed by atoms with Crippen molar-refractivity contribution in [2.75, 3.05) is 24.4 Å². The average Bonchev–Trinajstić information content (AvgIpc) is 2.42. The molecule has 1 heterocycles. The molecule has 0 saturated carbocycles. The van der Waals surface area contributed by atoms with E-state index in [2.05, 4.69) is 0 Å². The maximum absolute atomic E-state index is 11.2. The molecule has 98 valence electrons. The van der Waals surface area contributed by atoms with Crippen LogP contribution in [0.25, 0.3) is 0 Å². The lowest BCUT2D eigenvalue weighted by molar-refractivity contribution is -0.137. The van der Waals surface area contributed by atoms with Gasteiger partial charge in [0, 0.05) is 12.8 Å². The summed E-state index contributed by atoms with van der Waals surface area (Å²) < 4.78 is 4.70. The van der Waals surface area contributed by atoms with E-state index in [1.54, 1.807) is 0 Å². The van der Waals surface area contributed by atoms with Gasteiger partial charge in [0.15, 0.2) is 0 Å². The number of carbonyl (C=O) groups excluding carboxylic acids is 1. The van der Waals surface area contributed by atoms with Gasteiger partial charge >= 0.3 is 5.97 Å². The van der Waals surface area contributed by atoms with Crippen LogP contribution in [0.1, 0.15) is 18.4 Å². The number of methoxy groups -OCH3 is 1. The van der Waals surface area contributed by atoms with E-state index in [0.717, 1.165) is 29.9 Å². The number of aliphatic hydroxyl groups is 1. The number of ether oxygens (including phenoxy) is 1. The van der Waals surface area contributed by atoms with Crippen LogP contribution in [0.2, 0.25) is 0 Å². The van der Waals surface area contributed by atoms with Crippen molar-refractivity contribution in [2.45, 2.75) is 18.4 Å². The van der Waals surface area contributed by atoms with Crippen molar-refractivity contribution in [1.29, 1.82) is 0 Å². The van der Waals surface area contributed by atoms with E-state index in [0.29, 0.717) is 5.75 Å². The Hall–Kier alpha value is -1.00. The maximum atomic E-state index is 11.2. The Balaban J connectivity index is 1.95. The van der Waals surface area contributed by atoms with Gasteiger partial charge in [-0.3, -0.25) is 0 Å². The molecule has 1 N–H and O–H groups in total. The number of carbonyl (C=O) groups is 1. The molecule has 1 aromatic carbocycles. The summed E-state index contributed by atoms with van der Waals surface area (Å²) in [5, 5.41) is 10.6. The third-order valence-corrected chi connectivity index (χ3v) is 5.68. The van der Waals surface area contributed by atoms with Gasteiger partial charge in [-0.25, -0.2) is 4.79 Å². The molecule has 3 nitrogen and oxygen atoms in total. The normalized spacial score (nSPS) is 27.8. The molecule has 1 aliphatic heterocycles. The Morgan fingerprint density at radius 2 is 1.94 bits per heavy atom. The van der Waals surface area contributed by atoms with Crippen LogP contribution >= 0.6 is 0 Å². The second-order valence-corrected chi connectivity index (χ2v) is 6.97. The summed E-state index contributed by atoms with van der Waals surface area (Å²) in [4.78, 5) is 11.2. The SMILES string of the molecule is COC(=O)C[S+]1CCC(O)(c2ccccc2)CC1. The molecule has 1 saturated heterocycles. The third kappa shape index (κ3) is 3.06. The van der Waals surface area contributed by atoms with Crippen LogP contribution < -0.4 is 0 Å². The predicted octanol–water partition coefficient (Wildman–Crippen LogP) is 1.46. The number of rotatable bonds is 3. The van der Waals surface area contributed by atoms with Gasteiger partial charge in [0.05, 0.1) is 12.7 Å². The van der Waals surface area contributed by atoms with Gasteiger partial charge < -0.3 is 9.84 Å². The topological polar surface area (TPSA) is 46.5 Å². The van der Waals surface area contributed by atoms with E-state index in [-0.39, 0.29) is 16.9 Å². The van der Waals surface area contributed by atoms with E-state index in [1.165, 1.54) is 7.11 Å². The first-order valence-corrected chi connectivity index (χ1v) is 7.86. The van der Waals surface area contributed by atoms with E-state index in [9.17, 15) is 9.90 Å².